The maximum atomic E-state index is 6.07. The third-order valence-electron chi connectivity index (χ3n) is 2.55. The van der Waals surface area contributed by atoms with Crippen LogP contribution < -0.4 is 5.73 Å². The van der Waals surface area contributed by atoms with Crippen LogP contribution in [0.4, 0.5) is 0 Å². The van der Waals surface area contributed by atoms with Gasteiger partial charge in [-0.2, -0.15) is 17.0 Å². The van der Waals surface area contributed by atoms with Crippen LogP contribution in [0, 0.1) is 0 Å². The standard InChI is InChI=1S/C7H13N5S/c1-7(3-2-4-13-7)5(8)6-9-11-12-10-6/h5H,2-4,8H2,1H3,(H,9,10,11,12). The minimum absolute atomic E-state index is 0.0872. The van der Waals surface area contributed by atoms with E-state index in [1.807, 2.05) is 11.8 Å². The van der Waals surface area contributed by atoms with Crippen molar-refractivity contribution in [1.82, 2.24) is 20.6 Å². The van der Waals surface area contributed by atoms with Crippen LogP contribution in [0.15, 0.2) is 0 Å². The highest BCUT2D eigenvalue weighted by Gasteiger charge is 2.38. The van der Waals surface area contributed by atoms with Gasteiger partial charge in [-0.25, -0.2) is 0 Å². The van der Waals surface area contributed by atoms with Crippen molar-refractivity contribution in [3.05, 3.63) is 5.82 Å². The predicted octanol–water partition coefficient (Wildman–Crippen LogP) is 0.485. The fourth-order valence-electron chi connectivity index (χ4n) is 1.62. The highest BCUT2D eigenvalue weighted by molar-refractivity contribution is 8.00. The van der Waals surface area contributed by atoms with Crippen molar-refractivity contribution in [3.63, 3.8) is 0 Å². The van der Waals surface area contributed by atoms with E-state index in [4.69, 9.17) is 5.73 Å². The summed E-state index contributed by atoms with van der Waals surface area (Å²) >= 11 is 1.90. The van der Waals surface area contributed by atoms with Gasteiger partial charge >= 0.3 is 0 Å². The van der Waals surface area contributed by atoms with E-state index in [2.05, 4.69) is 27.5 Å². The van der Waals surface area contributed by atoms with Crippen molar-refractivity contribution in [2.75, 3.05) is 5.75 Å². The molecule has 2 atom stereocenters. The molecule has 72 valence electrons. The van der Waals surface area contributed by atoms with Crippen LogP contribution in [-0.2, 0) is 0 Å². The molecule has 0 aromatic carbocycles. The van der Waals surface area contributed by atoms with Gasteiger partial charge in [-0.15, -0.1) is 10.2 Å². The molecule has 3 N–H and O–H groups in total. The molecule has 1 aliphatic rings. The van der Waals surface area contributed by atoms with E-state index < -0.39 is 0 Å². The van der Waals surface area contributed by atoms with E-state index in [1.165, 1.54) is 12.2 Å². The van der Waals surface area contributed by atoms with Crippen LogP contribution in [0.25, 0.3) is 0 Å². The highest BCUT2D eigenvalue weighted by atomic mass is 32.2. The molecular formula is C7H13N5S. The van der Waals surface area contributed by atoms with Gasteiger partial charge in [0.2, 0.25) is 0 Å². The molecule has 0 saturated carbocycles. The van der Waals surface area contributed by atoms with Crippen molar-refractivity contribution >= 4 is 11.8 Å². The largest absolute Gasteiger partial charge is 0.320 e. The summed E-state index contributed by atoms with van der Waals surface area (Å²) in [5, 5.41) is 13.8. The second-order valence-electron chi connectivity index (χ2n) is 3.51. The Hall–Kier alpha value is -0.620. The fourth-order valence-corrected chi connectivity index (χ4v) is 2.95. The predicted molar refractivity (Wildman–Crippen MR) is 51.2 cm³/mol. The van der Waals surface area contributed by atoms with Crippen molar-refractivity contribution in [1.29, 1.82) is 0 Å². The molecule has 2 heterocycles. The maximum Gasteiger partial charge on any atom is 0.192 e. The first kappa shape index (κ1) is 8.96. The lowest BCUT2D eigenvalue weighted by Crippen LogP contribution is -2.34. The summed E-state index contributed by atoms with van der Waals surface area (Å²) in [4.78, 5) is 0. The van der Waals surface area contributed by atoms with Crippen LogP contribution in [0.5, 0.6) is 0 Å². The van der Waals surface area contributed by atoms with Crippen LogP contribution in [-0.4, -0.2) is 31.1 Å². The fraction of sp³-hybridized carbons (Fsp3) is 0.857. The van der Waals surface area contributed by atoms with Gasteiger partial charge in [-0.1, -0.05) is 5.21 Å². The van der Waals surface area contributed by atoms with Gasteiger partial charge in [0, 0.05) is 4.75 Å². The SMILES string of the molecule is CC1(C(N)c2nn[nH]n2)CCCS1. The number of nitrogens with zero attached hydrogens (tertiary/aromatic N) is 3. The van der Waals surface area contributed by atoms with Crippen molar-refractivity contribution in [3.8, 4) is 0 Å². The number of tetrazole rings is 1. The zero-order valence-electron chi connectivity index (χ0n) is 7.53. The van der Waals surface area contributed by atoms with E-state index in [-0.39, 0.29) is 10.8 Å². The van der Waals surface area contributed by atoms with E-state index in [0.29, 0.717) is 5.82 Å². The number of aromatic amines is 1. The quantitative estimate of drug-likeness (QED) is 0.724. The molecule has 6 heteroatoms. The summed E-state index contributed by atoms with van der Waals surface area (Å²) in [6.07, 6.45) is 2.36. The van der Waals surface area contributed by atoms with Crippen molar-refractivity contribution in [2.24, 2.45) is 5.73 Å². The Morgan fingerprint density at radius 2 is 2.54 bits per heavy atom. The molecule has 13 heavy (non-hydrogen) atoms. The van der Waals surface area contributed by atoms with Crippen LogP contribution in [0.1, 0.15) is 31.6 Å². The first-order chi connectivity index (χ1) is 6.22. The topological polar surface area (TPSA) is 80.5 Å². The van der Waals surface area contributed by atoms with Gasteiger partial charge in [0.05, 0.1) is 6.04 Å². The second-order valence-corrected chi connectivity index (χ2v) is 5.14. The first-order valence-electron chi connectivity index (χ1n) is 4.35. The molecule has 0 bridgehead atoms. The Bertz CT molecular complexity index is 266. The molecule has 1 aromatic rings. The summed E-state index contributed by atoms with van der Waals surface area (Å²) in [5.41, 5.74) is 6.07. The normalized spacial score (nSPS) is 30.6. The summed E-state index contributed by atoms with van der Waals surface area (Å²) in [6.45, 7) is 2.17. The lowest BCUT2D eigenvalue weighted by atomic mass is 9.96. The molecule has 1 fully saturated rings. The van der Waals surface area contributed by atoms with Gasteiger partial charge in [0.25, 0.3) is 0 Å². The number of aromatic nitrogens is 4. The minimum Gasteiger partial charge on any atom is -0.320 e. The van der Waals surface area contributed by atoms with Gasteiger partial charge in [0.1, 0.15) is 0 Å². The molecule has 5 nitrogen and oxygen atoms in total. The zero-order chi connectivity index (χ0) is 9.31. The smallest absolute Gasteiger partial charge is 0.192 e. The van der Waals surface area contributed by atoms with Crippen LogP contribution in [0.2, 0.25) is 0 Å². The molecule has 0 amide bonds. The first-order valence-corrected chi connectivity index (χ1v) is 5.34. The number of thioether (sulfide) groups is 1. The highest BCUT2D eigenvalue weighted by Crippen LogP contribution is 2.44. The molecule has 1 saturated heterocycles. The van der Waals surface area contributed by atoms with Gasteiger partial charge in [-0.3, -0.25) is 0 Å². The summed E-state index contributed by atoms with van der Waals surface area (Å²) in [5.74, 6) is 1.80. The average molecular weight is 199 g/mol. The zero-order valence-corrected chi connectivity index (χ0v) is 8.34. The van der Waals surface area contributed by atoms with Crippen molar-refractivity contribution < 1.29 is 0 Å². The molecule has 2 unspecified atom stereocenters. The number of nitrogens with two attached hydrogens (primary N) is 1. The average Bonchev–Trinajstić information content (AvgIpc) is 2.73. The Kier molecular flexibility index (Phi) is 2.25. The van der Waals surface area contributed by atoms with E-state index in [1.54, 1.807) is 0 Å². The van der Waals surface area contributed by atoms with E-state index in [0.717, 1.165) is 6.42 Å². The molecular weight excluding hydrogens is 186 g/mol. The van der Waals surface area contributed by atoms with Gasteiger partial charge in [-0.05, 0) is 25.5 Å². The number of rotatable bonds is 2. The Balaban J connectivity index is 2.16. The van der Waals surface area contributed by atoms with Gasteiger partial charge < -0.3 is 5.73 Å². The summed E-state index contributed by atoms with van der Waals surface area (Å²) in [7, 11) is 0. The molecule has 1 aromatic heterocycles. The number of hydrogen-bond acceptors (Lipinski definition) is 5. The Morgan fingerprint density at radius 3 is 3.08 bits per heavy atom. The molecule has 0 aliphatic carbocycles. The number of hydrogen-bond donors (Lipinski definition) is 2. The third-order valence-corrected chi connectivity index (χ3v) is 4.16. The lowest BCUT2D eigenvalue weighted by Gasteiger charge is -2.27. The Morgan fingerprint density at radius 1 is 1.69 bits per heavy atom. The van der Waals surface area contributed by atoms with Crippen LogP contribution >= 0.6 is 11.8 Å². The van der Waals surface area contributed by atoms with Crippen molar-refractivity contribution in [2.45, 2.75) is 30.6 Å². The van der Waals surface area contributed by atoms with E-state index in [9.17, 15) is 0 Å². The lowest BCUT2D eigenvalue weighted by molar-refractivity contribution is 0.482. The summed E-state index contributed by atoms with van der Waals surface area (Å²) < 4.78 is 0.0872. The van der Waals surface area contributed by atoms with E-state index >= 15 is 0 Å². The maximum absolute atomic E-state index is 6.07. The van der Waals surface area contributed by atoms with Gasteiger partial charge in [0.15, 0.2) is 5.82 Å². The Labute approximate surface area is 80.9 Å². The molecule has 2 rings (SSSR count). The summed E-state index contributed by atoms with van der Waals surface area (Å²) in [6, 6.07) is -0.112. The monoisotopic (exact) mass is 199 g/mol. The third kappa shape index (κ3) is 1.55. The molecule has 1 aliphatic heterocycles. The number of H-pyrrole nitrogens is 1. The van der Waals surface area contributed by atoms with Crippen LogP contribution in [0.3, 0.4) is 0 Å². The minimum atomic E-state index is -0.112. The second kappa shape index (κ2) is 3.26. The molecule has 0 radical (unpaired) electrons. The molecule has 0 spiro atoms. The number of nitrogens with one attached hydrogen (secondary N) is 1.